The van der Waals surface area contributed by atoms with Crippen molar-refractivity contribution in [2.75, 3.05) is 6.54 Å². The van der Waals surface area contributed by atoms with Gasteiger partial charge in [0.1, 0.15) is 0 Å². The van der Waals surface area contributed by atoms with Crippen LogP contribution in [0.15, 0.2) is 27.4 Å². The lowest BCUT2D eigenvalue weighted by Gasteiger charge is -2.10. The van der Waals surface area contributed by atoms with Crippen molar-refractivity contribution in [3.63, 3.8) is 0 Å². The Morgan fingerprint density at radius 2 is 2.24 bits per heavy atom. The Bertz CT molecular complexity index is 485. The van der Waals surface area contributed by atoms with Crippen LogP contribution in [0.2, 0.25) is 4.34 Å². The number of hydrogen-bond acceptors (Lipinski definition) is 4. The maximum atomic E-state index is 9.96. The monoisotopic (exact) mass is 351 g/mol. The Morgan fingerprint density at radius 1 is 1.41 bits per heavy atom. The molecule has 1 unspecified atom stereocenters. The Balaban J connectivity index is 1.81. The minimum absolute atomic E-state index is 0.481. The number of hydrogen-bond donors (Lipinski definition) is 2. The van der Waals surface area contributed by atoms with Crippen LogP contribution in [0.4, 0.5) is 0 Å². The average Bonchev–Trinajstić information content (AvgIpc) is 2.87. The number of halogens is 2. The second kappa shape index (κ2) is 6.31. The van der Waals surface area contributed by atoms with E-state index in [2.05, 4.69) is 21.2 Å². The molecule has 0 aliphatic carbocycles. The quantitative estimate of drug-likeness (QED) is 0.851. The largest absolute Gasteiger partial charge is 0.387 e. The second-order valence-electron chi connectivity index (χ2n) is 3.50. The molecule has 0 saturated carbocycles. The van der Waals surface area contributed by atoms with Crippen molar-refractivity contribution in [1.82, 2.24) is 5.32 Å². The van der Waals surface area contributed by atoms with Gasteiger partial charge in [0.05, 0.1) is 14.2 Å². The molecular formula is C11H11BrClNOS2. The molecule has 2 nitrogen and oxygen atoms in total. The maximum absolute atomic E-state index is 9.96. The molecular weight excluding hydrogens is 342 g/mol. The molecule has 2 aromatic rings. The normalized spacial score (nSPS) is 12.9. The van der Waals surface area contributed by atoms with Crippen LogP contribution in [0, 0.1) is 0 Å². The smallest absolute Gasteiger partial charge is 0.0933 e. The molecule has 0 aliphatic rings. The van der Waals surface area contributed by atoms with Gasteiger partial charge in [-0.15, -0.1) is 22.7 Å². The van der Waals surface area contributed by atoms with Crippen LogP contribution in [0.3, 0.4) is 0 Å². The second-order valence-corrected chi connectivity index (χ2v) is 7.54. The van der Waals surface area contributed by atoms with Crippen LogP contribution in [-0.4, -0.2) is 11.7 Å². The van der Waals surface area contributed by atoms with Crippen molar-refractivity contribution in [2.24, 2.45) is 0 Å². The first-order valence-electron chi connectivity index (χ1n) is 5.02. The fraction of sp³-hybridized carbons (Fsp3) is 0.273. The molecule has 92 valence electrons. The van der Waals surface area contributed by atoms with Crippen molar-refractivity contribution in [1.29, 1.82) is 0 Å². The maximum Gasteiger partial charge on any atom is 0.0933 e. The summed E-state index contributed by atoms with van der Waals surface area (Å²) in [6.45, 7) is 1.26. The number of rotatable bonds is 5. The summed E-state index contributed by atoms with van der Waals surface area (Å²) in [6, 6.07) is 5.81. The Kier molecular flexibility index (Phi) is 5.02. The van der Waals surface area contributed by atoms with Gasteiger partial charge < -0.3 is 10.4 Å². The molecule has 0 fully saturated rings. The van der Waals surface area contributed by atoms with Gasteiger partial charge in [0.2, 0.25) is 0 Å². The summed E-state index contributed by atoms with van der Waals surface area (Å²) < 4.78 is 1.79. The van der Waals surface area contributed by atoms with Gasteiger partial charge in [0.25, 0.3) is 0 Å². The fourth-order valence-electron chi connectivity index (χ4n) is 1.43. The molecule has 0 radical (unpaired) electrons. The summed E-state index contributed by atoms with van der Waals surface area (Å²) in [5, 5.41) is 15.1. The van der Waals surface area contributed by atoms with Gasteiger partial charge in [-0.25, -0.2) is 0 Å². The van der Waals surface area contributed by atoms with E-state index in [4.69, 9.17) is 11.6 Å². The zero-order chi connectivity index (χ0) is 12.3. The van der Waals surface area contributed by atoms with E-state index in [1.807, 2.05) is 23.6 Å². The molecule has 0 aliphatic heterocycles. The van der Waals surface area contributed by atoms with Gasteiger partial charge in [0, 0.05) is 23.5 Å². The van der Waals surface area contributed by atoms with Crippen molar-refractivity contribution in [3.05, 3.63) is 42.1 Å². The molecule has 1 atom stereocenters. The molecule has 2 heterocycles. The molecule has 17 heavy (non-hydrogen) atoms. The van der Waals surface area contributed by atoms with E-state index < -0.39 is 6.10 Å². The van der Waals surface area contributed by atoms with Crippen LogP contribution in [-0.2, 0) is 6.54 Å². The lowest BCUT2D eigenvalue weighted by atomic mass is 10.2. The lowest BCUT2D eigenvalue weighted by molar-refractivity contribution is 0.174. The third-order valence-electron chi connectivity index (χ3n) is 2.27. The fourth-order valence-corrected chi connectivity index (χ4v) is 3.88. The molecule has 6 heteroatoms. The lowest BCUT2D eigenvalue weighted by Crippen LogP contribution is -2.20. The van der Waals surface area contributed by atoms with Gasteiger partial charge >= 0.3 is 0 Å². The Morgan fingerprint density at radius 3 is 2.82 bits per heavy atom. The highest BCUT2D eigenvalue weighted by atomic mass is 79.9. The molecule has 0 spiro atoms. The van der Waals surface area contributed by atoms with Crippen LogP contribution in [0.5, 0.6) is 0 Å². The number of thiophene rings is 2. The summed E-state index contributed by atoms with van der Waals surface area (Å²) in [5.41, 5.74) is 0.937. The van der Waals surface area contributed by atoms with Crippen molar-refractivity contribution in [3.8, 4) is 0 Å². The predicted molar refractivity (Wildman–Crippen MR) is 78.0 cm³/mol. The predicted octanol–water partition coefficient (Wildman–Crippen LogP) is 4.05. The highest BCUT2D eigenvalue weighted by Gasteiger charge is 2.11. The van der Waals surface area contributed by atoms with E-state index >= 15 is 0 Å². The number of aliphatic hydroxyl groups is 1. The van der Waals surface area contributed by atoms with Gasteiger partial charge in [0.15, 0.2) is 0 Å². The summed E-state index contributed by atoms with van der Waals surface area (Å²) in [4.78, 5) is 1.17. The van der Waals surface area contributed by atoms with Crippen LogP contribution < -0.4 is 5.32 Å². The average molecular weight is 353 g/mol. The highest BCUT2D eigenvalue weighted by Crippen LogP contribution is 2.28. The van der Waals surface area contributed by atoms with Crippen LogP contribution >= 0.6 is 50.2 Å². The Hall–Kier alpha value is 0.0900. The minimum Gasteiger partial charge on any atom is -0.387 e. The standard InChI is InChI=1S/C11H11BrClNOS2/c12-11-8(3-4-16-11)9(15)6-14-5-7-1-2-10(13)17-7/h1-4,9,14-15H,5-6H2. The van der Waals surface area contributed by atoms with Crippen molar-refractivity contribution in [2.45, 2.75) is 12.6 Å². The van der Waals surface area contributed by atoms with E-state index in [9.17, 15) is 5.11 Å². The van der Waals surface area contributed by atoms with Gasteiger partial charge in [-0.05, 0) is 39.5 Å². The molecule has 2 aromatic heterocycles. The van der Waals surface area contributed by atoms with Crippen molar-refractivity contribution < 1.29 is 5.11 Å². The number of nitrogens with one attached hydrogen (secondary N) is 1. The summed E-state index contributed by atoms with van der Waals surface area (Å²) in [7, 11) is 0. The zero-order valence-corrected chi connectivity index (χ0v) is 12.8. The minimum atomic E-state index is -0.481. The third-order valence-corrected chi connectivity index (χ3v) is 5.24. The van der Waals surface area contributed by atoms with Gasteiger partial charge in [-0.1, -0.05) is 11.6 Å². The molecule has 2 N–H and O–H groups in total. The van der Waals surface area contributed by atoms with Gasteiger partial charge in [-0.2, -0.15) is 0 Å². The zero-order valence-electron chi connectivity index (χ0n) is 8.82. The first-order valence-corrected chi connectivity index (χ1v) is 7.89. The summed E-state index contributed by atoms with van der Waals surface area (Å²) in [6.07, 6.45) is -0.481. The SMILES string of the molecule is OC(CNCc1ccc(Cl)s1)c1ccsc1Br. The number of aliphatic hydroxyl groups excluding tert-OH is 1. The first-order chi connectivity index (χ1) is 8.16. The van der Waals surface area contributed by atoms with E-state index in [0.29, 0.717) is 6.54 Å². The molecule has 0 saturated heterocycles. The summed E-state index contributed by atoms with van der Waals surface area (Å²) in [5.74, 6) is 0. The highest BCUT2D eigenvalue weighted by molar-refractivity contribution is 9.11. The van der Waals surface area contributed by atoms with E-state index in [1.165, 1.54) is 4.88 Å². The molecule has 0 amide bonds. The Labute approximate surface area is 121 Å². The first kappa shape index (κ1) is 13.5. The molecule has 0 aromatic carbocycles. The van der Waals surface area contributed by atoms with Crippen LogP contribution in [0.1, 0.15) is 16.5 Å². The van der Waals surface area contributed by atoms with Crippen molar-refractivity contribution >= 4 is 50.2 Å². The van der Waals surface area contributed by atoms with Gasteiger partial charge in [-0.3, -0.25) is 0 Å². The third kappa shape index (κ3) is 3.77. The van der Waals surface area contributed by atoms with E-state index in [-0.39, 0.29) is 0 Å². The molecule has 2 rings (SSSR count). The van der Waals surface area contributed by atoms with Crippen LogP contribution in [0.25, 0.3) is 0 Å². The summed E-state index contributed by atoms with van der Waals surface area (Å²) >= 11 is 12.4. The van der Waals surface area contributed by atoms with E-state index in [1.54, 1.807) is 22.7 Å². The molecule has 0 bridgehead atoms. The topological polar surface area (TPSA) is 32.3 Å². The van der Waals surface area contributed by atoms with E-state index in [0.717, 1.165) is 20.2 Å².